The van der Waals surface area contributed by atoms with E-state index in [0.717, 1.165) is 0 Å². The van der Waals surface area contributed by atoms with Crippen molar-refractivity contribution in [3.63, 3.8) is 0 Å². The van der Waals surface area contributed by atoms with Gasteiger partial charge in [-0.1, -0.05) is 30.3 Å². The Bertz CT molecular complexity index is 944. The molecule has 0 aliphatic rings. The molecule has 0 spiro atoms. The number of hydrogen-bond donors (Lipinski definition) is 0. The van der Waals surface area contributed by atoms with E-state index in [0.29, 0.717) is 17.4 Å². The summed E-state index contributed by atoms with van der Waals surface area (Å²) >= 11 is 0. The average molecular weight is 351 g/mol. The lowest BCUT2D eigenvalue weighted by Crippen LogP contribution is -2.05. The van der Waals surface area contributed by atoms with E-state index in [4.69, 9.17) is 9.15 Å². The van der Waals surface area contributed by atoms with Crippen LogP contribution in [0.3, 0.4) is 0 Å². The smallest absolute Gasteiger partial charge is 0.342 e. The maximum Gasteiger partial charge on any atom is 0.342 e. The third-order valence-electron chi connectivity index (χ3n) is 3.64. The molecule has 0 atom stereocenters. The van der Waals surface area contributed by atoms with Crippen molar-refractivity contribution < 1.29 is 23.7 Å². The summed E-state index contributed by atoms with van der Waals surface area (Å²) in [5.41, 5.74) is 1.34. The van der Waals surface area contributed by atoms with Crippen LogP contribution < -0.4 is 0 Å². The minimum Gasteiger partial charge on any atom is -0.457 e. The van der Waals surface area contributed by atoms with Crippen LogP contribution in [0.4, 0.5) is 5.69 Å². The van der Waals surface area contributed by atoms with Crippen LogP contribution in [-0.2, 0) is 11.3 Å². The second-order valence-corrected chi connectivity index (χ2v) is 5.38. The van der Waals surface area contributed by atoms with Gasteiger partial charge in [0.15, 0.2) is 12.0 Å². The molecule has 0 aliphatic carbocycles. The Morgan fingerprint density at radius 3 is 2.42 bits per heavy atom. The number of esters is 1. The number of hydrogen-bond acceptors (Lipinski definition) is 6. The van der Waals surface area contributed by atoms with E-state index in [1.807, 2.05) is 6.07 Å². The molecule has 7 nitrogen and oxygen atoms in total. The monoisotopic (exact) mass is 351 g/mol. The highest BCUT2D eigenvalue weighted by atomic mass is 16.6. The van der Waals surface area contributed by atoms with Crippen molar-refractivity contribution in [3.8, 4) is 11.3 Å². The van der Waals surface area contributed by atoms with Crippen LogP contribution in [0.2, 0.25) is 0 Å². The van der Waals surface area contributed by atoms with Gasteiger partial charge < -0.3 is 9.15 Å². The Morgan fingerprint density at radius 1 is 1.12 bits per heavy atom. The van der Waals surface area contributed by atoms with Crippen molar-refractivity contribution in [2.24, 2.45) is 0 Å². The van der Waals surface area contributed by atoms with Crippen LogP contribution in [0, 0.1) is 10.1 Å². The fraction of sp³-hybridized carbons (Fsp3) is 0.0526. The lowest BCUT2D eigenvalue weighted by atomic mass is 10.1. The lowest BCUT2D eigenvalue weighted by molar-refractivity contribution is -0.384. The zero-order valence-electron chi connectivity index (χ0n) is 13.5. The van der Waals surface area contributed by atoms with Gasteiger partial charge in [0.05, 0.1) is 4.92 Å². The Balaban J connectivity index is 1.78. The van der Waals surface area contributed by atoms with E-state index in [-0.39, 0.29) is 29.4 Å². The third kappa shape index (κ3) is 3.67. The molecule has 0 radical (unpaired) electrons. The Labute approximate surface area is 148 Å². The van der Waals surface area contributed by atoms with Gasteiger partial charge in [-0.2, -0.15) is 0 Å². The molecule has 26 heavy (non-hydrogen) atoms. The molecule has 0 amide bonds. The molecule has 3 aromatic rings. The van der Waals surface area contributed by atoms with E-state index in [2.05, 4.69) is 0 Å². The predicted octanol–water partition coefficient (Wildman–Crippen LogP) is 4.02. The molecule has 0 unspecified atom stereocenters. The molecule has 7 heteroatoms. The van der Waals surface area contributed by atoms with E-state index < -0.39 is 10.9 Å². The molecule has 0 fully saturated rings. The van der Waals surface area contributed by atoms with Gasteiger partial charge in [0.25, 0.3) is 5.69 Å². The number of nitro benzene ring substituents is 1. The highest BCUT2D eigenvalue weighted by molar-refractivity contribution is 5.97. The lowest BCUT2D eigenvalue weighted by Gasteiger charge is -2.05. The van der Waals surface area contributed by atoms with E-state index in [9.17, 15) is 19.7 Å². The maximum absolute atomic E-state index is 12.4. The SMILES string of the molecule is O=Cc1cc(C(=O)OCc2ccc([N+](=O)[O-])cc2)c(-c2ccccc2)o1. The van der Waals surface area contributed by atoms with Crippen molar-refractivity contribution in [2.45, 2.75) is 6.61 Å². The second kappa shape index (κ2) is 7.43. The van der Waals surface area contributed by atoms with Crippen molar-refractivity contribution in [1.29, 1.82) is 0 Å². The molecule has 3 rings (SSSR count). The van der Waals surface area contributed by atoms with Crippen LogP contribution in [0.1, 0.15) is 26.5 Å². The van der Waals surface area contributed by atoms with Crippen molar-refractivity contribution in [2.75, 3.05) is 0 Å². The first-order valence-corrected chi connectivity index (χ1v) is 7.63. The predicted molar refractivity (Wildman–Crippen MR) is 91.7 cm³/mol. The number of ether oxygens (including phenoxy) is 1. The number of aldehydes is 1. The molecule has 0 aliphatic heterocycles. The zero-order valence-corrected chi connectivity index (χ0v) is 13.5. The molecular weight excluding hydrogens is 338 g/mol. The summed E-state index contributed by atoms with van der Waals surface area (Å²) in [6, 6.07) is 15.9. The fourth-order valence-corrected chi connectivity index (χ4v) is 2.36. The summed E-state index contributed by atoms with van der Waals surface area (Å²) in [6.07, 6.45) is 0.513. The van der Waals surface area contributed by atoms with Crippen LogP contribution in [0.15, 0.2) is 65.1 Å². The number of carbonyl (C=O) groups is 2. The van der Waals surface area contributed by atoms with Gasteiger partial charge in [-0.25, -0.2) is 4.79 Å². The van der Waals surface area contributed by atoms with E-state index in [1.165, 1.54) is 30.3 Å². The van der Waals surface area contributed by atoms with Gasteiger partial charge in [-0.3, -0.25) is 14.9 Å². The molecule has 2 aromatic carbocycles. The summed E-state index contributed by atoms with van der Waals surface area (Å²) in [5, 5.41) is 10.6. The number of benzene rings is 2. The highest BCUT2D eigenvalue weighted by Gasteiger charge is 2.20. The molecule has 1 aromatic heterocycles. The number of furan rings is 1. The van der Waals surface area contributed by atoms with E-state index in [1.54, 1.807) is 24.3 Å². The van der Waals surface area contributed by atoms with Gasteiger partial charge in [-0.05, 0) is 17.7 Å². The Hall–Kier alpha value is -3.74. The van der Waals surface area contributed by atoms with Crippen molar-refractivity contribution in [3.05, 3.63) is 87.7 Å². The van der Waals surface area contributed by atoms with Crippen LogP contribution in [-0.4, -0.2) is 17.2 Å². The summed E-state index contributed by atoms with van der Waals surface area (Å²) in [4.78, 5) is 33.5. The first kappa shape index (κ1) is 17.1. The molecule has 0 saturated heterocycles. The number of rotatable bonds is 6. The Morgan fingerprint density at radius 2 is 1.81 bits per heavy atom. The topological polar surface area (TPSA) is 99.7 Å². The Kier molecular flexibility index (Phi) is 4.89. The number of nitrogens with zero attached hydrogens (tertiary/aromatic N) is 1. The minimum absolute atomic E-state index is 0.0196. The number of non-ortho nitro benzene ring substituents is 1. The first-order chi connectivity index (χ1) is 12.6. The van der Waals surface area contributed by atoms with Gasteiger partial charge in [-0.15, -0.1) is 0 Å². The fourth-order valence-electron chi connectivity index (χ4n) is 2.36. The normalized spacial score (nSPS) is 10.3. The van der Waals surface area contributed by atoms with Gasteiger partial charge >= 0.3 is 5.97 Å². The number of nitro groups is 1. The van der Waals surface area contributed by atoms with Crippen molar-refractivity contribution >= 4 is 17.9 Å². The minimum atomic E-state index is -0.654. The molecule has 130 valence electrons. The molecule has 1 heterocycles. The largest absolute Gasteiger partial charge is 0.457 e. The molecule has 0 bridgehead atoms. The zero-order chi connectivity index (χ0) is 18.5. The molecule has 0 N–H and O–H groups in total. The summed E-state index contributed by atoms with van der Waals surface area (Å²) in [5.74, 6) is -0.383. The molecular formula is C19H13NO6. The standard InChI is InChI=1S/C19H13NO6/c21-11-16-10-17(18(26-16)14-4-2-1-3-5-14)19(22)25-12-13-6-8-15(9-7-13)20(23)24/h1-11H,12H2. The maximum atomic E-state index is 12.4. The van der Waals surface area contributed by atoms with Gasteiger partial charge in [0.1, 0.15) is 17.9 Å². The third-order valence-corrected chi connectivity index (χ3v) is 3.64. The van der Waals surface area contributed by atoms with E-state index >= 15 is 0 Å². The van der Waals surface area contributed by atoms with Crippen LogP contribution in [0.5, 0.6) is 0 Å². The molecule has 0 saturated carbocycles. The number of carbonyl (C=O) groups excluding carboxylic acids is 2. The first-order valence-electron chi connectivity index (χ1n) is 7.63. The van der Waals surface area contributed by atoms with Gasteiger partial charge in [0.2, 0.25) is 0 Å². The highest BCUT2D eigenvalue weighted by Crippen LogP contribution is 2.27. The summed E-state index contributed by atoms with van der Waals surface area (Å²) in [7, 11) is 0. The van der Waals surface area contributed by atoms with Crippen LogP contribution in [0.25, 0.3) is 11.3 Å². The average Bonchev–Trinajstić information content (AvgIpc) is 3.12. The second-order valence-electron chi connectivity index (χ2n) is 5.38. The summed E-state index contributed by atoms with van der Waals surface area (Å²) in [6.45, 7) is -0.0628. The quantitative estimate of drug-likeness (QED) is 0.288. The van der Waals surface area contributed by atoms with Crippen LogP contribution >= 0.6 is 0 Å². The van der Waals surface area contributed by atoms with Gasteiger partial charge in [0, 0.05) is 23.8 Å². The van der Waals surface area contributed by atoms with Crippen molar-refractivity contribution in [1.82, 2.24) is 0 Å². The summed E-state index contributed by atoms with van der Waals surface area (Å²) < 4.78 is 10.7.